The molecule has 0 saturated carbocycles. The van der Waals surface area contributed by atoms with Crippen LogP contribution in [0.25, 0.3) is 11.4 Å². The molecule has 0 saturated heterocycles. The molecule has 0 aliphatic carbocycles. The van der Waals surface area contributed by atoms with Crippen LogP contribution in [0.2, 0.25) is 10.6 Å². The number of nitrogens with zero attached hydrogens (tertiary/aromatic N) is 3. The lowest BCUT2D eigenvalue weighted by molar-refractivity contribution is 1.06. The van der Waals surface area contributed by atoms with Crippen molar-refractivity contribution < 1.29 is 0 Å². The van der Waals surface area contributed by atoms with Gasteiger partial charge in [0.2, 0.25) is 10.6 Å². The summed E-state index contributed by atoms with van der Waals surface area (Å²) < 4.78 is 0. The summed E-state index contributed by atoms with van der Waals surface area (Å²) in [6.07, 6.45) is 0. The molecule has 3 nitrogen and oxygen atoms in total. The molecule has 2 aromatic rings. The summed E-state index contributed by atoms with van der Waals surface area (Å²) in [6.45, 7) is 2.01. The fourth-order valence-corrected chi connectivity index (χ4v) is 1.52. The van der Waals surface area contributed by atoms with Crippen LogP contribution in [0.3, 0.4) is 0 Å². The molecule has 0 atom stereocenters. The Balaban J connectivity index is 2.49. The van der Waals surface area contributed by atoms with Gasteiger partial charge < -0.3 is 0 Å². The van der Waals surface area contributed by atoms with Crippen LogP contribution in [-0.4, -0.2) is 15.0 Å². The van der Waals surface area contributed by atoms with Gasteiger partial charge in [-0.15, -0.1) is 0 Å². The summed E-state index contributed by atoms with van der Waals surface area (Å²) in [7, 11) is 0. The average molecular weight is 240 g/mol. The van der Waals surface area contributed by atoms with Gasteiger partial charge in [0.15, 0.2) is 5.82 Å². The minimum Gasteiger partial charge on any atom is -0.198 e. The van der Waals surface area contributed by atoms with Gasteiger partial charge in [0.05, 0.1) is 0 Å². The Morgan fingerprint density at radius 1 is 0.867 bits per heavy atom. The van der Waals surface area contributed by atoms with Gasteiger partial charge in [0, 0.05) is 5.56 Å². The molecule has 0 aliphatic heterocycles. The van der Waals surface area contributed by atoms with Gasteiger partial charge in [-0.2, -0.15) is 15.0 Å². The minimum absolute atomic E-state index is 0.102. The van der Waals surface area contributed by atoms with Crippen molar-refractivity contribution in [3.8, 4) is 11.4 Å². The van der Waals surface area contributed by atoms with Crippen LogP contribution in [0.5, 0.6) is 0 Å². The number of benzene rings is 1. The molecular weight excluding hydrogens is 233 g/mol. The first-order valence-corrected chi connectivity index (χ1v) is 5.05. The topological polar surface area (TPSA) is 38.7 Å². The highest BCUT2D eigenvalue weighted by atomic mass is 35.5. The molecule has 0 N–H and O–H groups in total. The number of halogens is 2. The lowest BCUT2D eigenvalue weighted by Gasteiger charge is -2.00. The number of hydrogen-bond acceptors (Lipinski definition) is 3. The Morgan fingerprint density at radius 2 is 1.40 bits per heavy atom. The monoisotopic (exact) mass is 239 g/mol. The van der Waals surface area contributed by atoms with Gasteiger partial charge in [-0.3, -0.25) is 0 Å². The van der Waals surface area contributed by atoms with E-state index in [1.807, 2.05) is 31.2 Å². The van der Waals surface area contributed by atoms with Crippen molar-refractivity contribution in [2.24, 2.45) is 0 Å². The number of rotatable bonds is 1. The fourth-order valence-electron chi connectivity index (χ4n) is 1.16. The van der Waals surface area contributed by atoms with E-state index in [0.29, 0.717) is 5.82 Å². The van der Waals surface area contributed by atoms with Crippen LogP contribution in [0, 0.1) is 6.92 Å². The zero-order valence-corrected chi connectivity index (χ0v) is 9.42. The molecule has 1 aromatic carbocycles. The highest BCUT2D eigenvalue weighted by molar-refractivity contribution is 6.31. The zero-order chi connectivity index (χ0) is 10.8. The second-order valence-corrected chi connectivity index (χ2v) is 3.74. The molecular formula is C10H7Cl2N3. The maximum Gasteiger partial charge on any atom is 0.227 e. The standard InChI is InChI=1S/C10H7Cl2N3/c1-6-2-4-7(5-3-6)8-13-9(11)15-10(12)14-8/h2-5H,1H3. The summed E-state index contributed by atoms with van der Waals surface area (Å²) in [5, 5.41) is 0.205. The summed E-state index contributed by atoms with van der Waals surface area (Å²) in [6, 6.07) is 7.77. The lowest BCUT2D eigenvalue weighted by atomic mass is 10.1. The third-order valence-corrected chi connectivity index (χ3v) is 2.23. The molecule has 1 heterocycles. The smallest absolute Gasteiger partial charge is 0.198 e. The maximum absolute atomic E-state index is 5.68. The van der Waals surface area contributed by atoms with Crippen molar-refractivity contribution >= 4 is 23.2 Å². The van der Waals surface area contributed by atoms with Crippen molar-refractivity contribution in [2.45, 2.75) is 6.92 Å². The Kier molecular flexibility index (Phi) is 2.84. The van der Waals surface area contributed by atoms with Crippen LogP contribution in [-0.2, 0) is 0 Å². The molecule has 0 amide bonds. The molecule has 0 radical (unpaired) electrons. The van der Waals surface area contributed by atoms with E-state index in [-0.39, 0.29) is 10.6 Å². The Labute approximate surface area is 97.1 Å². The normalized spacial score (nSPS) is 10.3. The molecule has 5 heteroatoms. The third-order valence-electron chi connectivity index (χ3n) is 1.89. The quantitative estimate of drug-likeness (QED) is 0.768. The number of hydrogen-bond donors (Lipinski definition) is 0. The van der Waals surface area contributed by atoms with E-state index < -0.39 is 0 Å². The highest BCUT2D eigenvalue weighted by Gasteiger charge is 2.05. The first-order valence-electron chi connectivity index (χ1n) is 4.29. The SMILES string of the molecule is Cc1ccc(-c2nc(Cl)nc(Cl)n2)cc1. The highest BCUT2D eigenvalue weighted by Crippen LogP contribution is 2.18. The Hall–Kier alpha value is -1.19. The number of aromatic nitrogens is 3. The van der Waals surface area contributed by atoms with Crippen LogP contribution in [0.1, 0.15) is 5.56 Å². The molecule has 0 spiro atoms. The molecule has 0 fully saturated rings. The van der Waals surface area contributed by atoms with Crippen LogP contribution >= 0.6 is 23.2 Å². The molecule has 0 bridgehead atoms. The van der Waals surface area contributed by atoms with Gasteiger partial charge in [0.25, 0.3) is 0 Å². The van der Waals surface area contributed by atoms with Crippen molar-refractivity contribution in [3.05, 3.63) is 40.4 Å². The Bertz CT molecular complexity index is 462. The maximum atomic E-state index is 5.68. The lowest BCUT2D eigenvalue weighted by Crippen LogP contribution is -1.93. The zero-order valence-electron chi connectivity index (χ0n) is 7.91. The Morgan fingerprint density at radius 3 is 1.93 bits per heavy atom. The third kappa shape index (κ3) is 2.43. The van der Waals surface area contributed by atoms with Crippen molar-refractivity contribution in [2.75, 3.05) is 0 Å². The summed E-state index contributed by atoms with van der Waals surface area (Å²) in [4.78, 5) is 11.7. The first-order chi connectivity index (χ1) is 7.15. The summed E-state index contributed by atoms with van der Waals surface area (Å²) >= 11 is 11.4. The molecule has 2 rings (SSSR count). The second kappa shape index (κ2) is 4.13. The first kappa shape index (κ1) is 10.3. The van der Waals surface area contributed by atoms with Gasteiger partial charge in [-0.25, -0.2) is 0 Å². The molecule has 0 aliphatic rings. The van der Waals surface area contributed by atoms with Crippen LogP contribution in [0.15, 0.2) is 24.3 Å². The molecule has 15 heavy (non-hydrogen) atoms. The van der Waals surface area contributed by atoms with E-state index in [1.165, 1.54) is 5.56 Å². The second-order valence-electron chi connectivity index (χ2n) is 3.06. The summed E-state index contributed by atoms with van der Waals surface area (Å²) in [5.41, 5.74) is 2.04. The molecule has 0 unspecified atom stereocenters. The molecule has 76 valence electrons. The van der Waals surface area contributed by atoms with E-state index >= 15 is 0 Å². The predicted octanol–water partition coefficient (Wildman–Crippen LogP) is 3.15. The van der Waals surface area contributed by atoms with Crippen LogP contribution < -0.4 is 0 Å². The van der Waals surface area contributed by atoms with Crippen LogP contribution in [0.4, 0.5) is 0 Å². The van der Waals surface area contributed by atoms with Crippen molar-refractivity contribution in [1.29, 1.82) is 0 Å². The number of aryl methyl sites for hydroxylation is 1. The minimum atomic E-state index is 0.102. The van der Waals surface area contributed by atoms with E-state index in [4.69, 9.17) is 23.2 Å². The van der Waals surface area contributed by atoms with Gasteiger partial charge in [-0.1, -0.05) is 29.8 Å². The molecule has 1 aromatic heterocycles. The van der Waals surface area contributed by atoms with Gasteiger partial charge in [0.1, 0.15) is 0 Å². The van der Waals surface area contributed by atoms with Crippen molar-refractivity contribution in [3.63, 3.8) is 0 Å². The van der Waals surface area contributed by atoms with E-state index in [9.17, 15) is 0 Å². The van der Waals surface area contributed by atoms with E-state index in [2.05, 4.69) is 15.0 Å². The predicted molar refractivity (Wildman–Crippen MR) is 60.0 cm³/mol. The fraction of sp³-hybridized carbons (Fsp3) is 0.100. The van der Waals surface area contributed by atoms with Crippen molar-refractivity contribution in [1.82, 2.24) is 15.0 Å². The van der Waals surface area contributed by atoms with E-state index in [1.54, 1.807) is 0 Å². The van der Waals surface area contributed by atoms with E-state index in [0.717, 1.165) is 5.56 Å². The average Bonchev–Trinajstić information content (AvgIpc) is 2.17. The summed E-state index contributed by atoms with van der Waals surface area (Å²) in [5.74, 6) is 0.486. The largest absolute Gasteiger partial charge is 0.227 e. The van der Waals surface area contributed by atoms with Gasteiger partial charge >= 0.3 is 0 Å². The van der Waals surface area contributed by atoms with Gasteiger partial charge in [-0.05, 0) is 30.1 Å².